The van der Waals surface area contributed by atoms with E-state index in [1.54, 1.807) is 36.2 Å². The minimum Gasteiger partial charge on any atom is -0.354 e. The summed E-state index contributed by atoms with van der Waals surface area (Å²) in [6.07, 6.45) is 0. The molecule has 1 fully saturated rings. The van der Waals surface area contributed by atoms with E-state index >= 15 is 0 Å². The smallest absolute Gasteiger partial charge is 0.332 e. The van der Waals surface area contributed by atoms with Gasteiger partial charge in [0.25, 0.3) is 11.5 Å². The van der Waals surface area contributed by atoms with Crippen molar-refractivity contribution in [2.75, 3.05) is 31.1 Å². The van der Waals surface area contributed by atoms with Gasteiger partial charge in [-0.25, -0.2) is 4.79 Å². The summed E-state index contributed by atoms with van der Waals surface area (Å²) in [6, 6.07) is 8.42. The van der Waals surface area contributed by atoms with Crippen LogP contribution in [-0.4, -0.2) is 46.1 Å². The molecule has 0 unspecified atom stereocenters. The van der Waals surface area contributed by atoms with E-state index in [1.807, 2.05) is 4.90 Å². The topological polar surface area (TPSA) is 67.5 Å². The van der Waals surface area contributed by atoms with E-state index in [0.29, 0.717) is 42.6 Å². The summed E-state index contributed by atoms with van der Waals surface area (Å²) in [4.78, 5) is 40.2. The summed E-state index contributed by atoms with van der Waals surface area (Å²) in [5, 5.41) is 0.434. The zero-order valence-electron chi connectivity index (χ0n) is 14.1. The molecule has 2 aromatic rings. The van der Waals surface area contributed by atoms with Crippen molar-refractivity contribution in [1.29, 1.82) is 0 Å². The van der Waals surface area contributed by atoms with Crippen LogP contribution in [0.5, 0.6) is 0 Å². The van der Waals surface area contributed by atoms with Crippen LogP contribution in [-0.2, 0) is 14.1 Å². The molecule has 7 nitrogen and oxygen atoms in total. The first-order valence-electron chi connectivity index (χ1n) is 7.96. The first kappa shape index (κ1) is 17.3. The number of amides is 1. The van der Waals surface area contributed by atoms with Crippen LogP contribution in [0.3, 0.4) is 0 Å². The molecule has 25 heavy (non-hydrogen) atoms. The van der Waals surface area contributed by atoms with E-state index in [4.69, 9.17) is 11.6 Å². The van der Waals surface area contributed by atoms with Gasteiger partial charge in [0, 0.05) is 46.3 Å². The number of halogens is 1. The number of hydrogen-bond donors (Lipinski definition) is 0. The van der Waals surface area contributed by atoms with E-state index in [0.717, 1.165) is 4.57 Å². The minimum absolute atomic E-state index is 0.108. The third kappa shape index (κ3) is 3.19. The maximum atomic E-state index is 12.6. The second-order valence-corrected chi connectivity index (χ2v) is 6.41. The largest absolute Gasteiger partial charge is 0.354 e. The van der Waals surface area contributed by atoms with E-state index in [1.165, 1.54) is 17.7 Å². The van der Waals surface area contributed by atoms with Crippen LogP contribution in [0, 0.1) is 0 Å². The quantitative estimate of drug-likeness (QED) is 0.788. The van der Waals surface area contributed by atoms with Gasteiger partial charge in [0.15, 0.2) is 0 Å². The van der Waals surface area contributed by atoms with Crippen molar-refractivity contribution in [3.05, 3.63) is 61.8 Å². The van der Waals surface area contributed by atoms with Crippen molar-refractivity contribution in [3.63, 3.8) is 0 Å². The first-order chi connectivity index (χ1) is 11.9. The molecule has 1 amide bonds. The molecule has 0 N–H and O–H groups in total. The average Bonchev–Trinajstić information content (AvgIpc) is 2.63. The van der Waals surface area contributed by atoms with Gasteiger partial charge in [-0.05, 0) is 12.1 Å². The molecule has 0 aliphatic carbocycles. The highest BCUT2D eigenvalue weighted by atomic mass is 35.5. The highest BCUT2D eigenvalue weighted by molar-refractivity contribution is 6.33. The first-order valence-corrected chi connectivity index (χ1v) is 8.33. The Morgan fingerprint density at radius 3 is 2.28 bits per heavy atom. The summed E-state index contributed by atoms with van der Waals surface area (Å²) in [7, 11) is 3.09. The molecule has 0 saturated carbocycles. The zero-order chi connectivity index (χ0) is 18.1. The van der Waals surface area contributed by atoms with Gasteiger partial charge in [0.05, 0.1) is 10.6 Å². The second-order valence-electron chi connectivity index (χ2n) is 6.00. The van der Waals surface area contributed by atoms with Crippen molar-refractivity contribution >= 4 is 23.3 Å². The number of hydrogen-bond acceptors (Lipinski definition) is 4. The van der Waals surface area contributed by atoms with Crippen LogP contribution in [0.15, 0.2) is 39.9 Å². The van der Waals surface area contributed by atoms with Crippen LogP contribution >= 0.6 is 11.6 Å². The standard InChI is InChI=1S/C17H19ClN4O3/c1-19-14(11-15(23)20(2)17(19)25)21-7-9-22(10-8-21)16(24)12-5-3-4-6-13(12)18/h3-6,11H,7-10H2,1-2H3. The molecule has 0 atom stereocenters. The molecule has 0 spiro atoms. The molecule has 8 heteroatoms. The lowest BCUT2D eigenvalue weighted by atomic mass is 10.2. The number of piperazine rings is 1. The Bertz CT molecular complexity index is 926. The number of aromatic nitrogens is 2. The Morgan fingerprint density at radius 2 is 1.64 bits per heavy atom. The maximum Gasteiger partial charge on any atom is 0.332 e. The lowest BCUT2D eigenvalue weighted by molar-refractivity contribution is 0.0746. The molecule has 1 saturated heterocycles. The molecular formula is C17H19ClN4O3. The Hall–Kier alpha value is -2.54. The van der Waals surface area contributed by atoms with Crippen molar-refractivity contribution in [1.82, 2.24) is 14.0 Å². The molecule has 1 aliphatic rings. The average molecular weight is 363 g/mol. The Balaban J connectivity index is 1.77. The molecule has 0 bridgehead atoms. The molecule has 1 aromatic heterocycles. The highest BCUT2D eigenvalue weighted by Crippen LogP contribution is 2.19. The number of nitrogens with zero attached hydrogens (tertiary/aromatic N) is 4. The summed E-state index contributed by atoms with van der Waals surface area (Å²) in [5.41, 5.74) is -0.219. The third-order valence-corrected chi connectivity index (χ3v) is 4.83. The molecular weight excluding hydrogens is 344 g/mol. The van der Waals surface area contributed by atoms with Gasteiger partial charge < -0.3 is 9.80 Å². The fourth-order valence-corrected chi connectivity index (χ4v) is 3.18. The SMILES string of the molecule is Cn1c(N2CCN(C(=O)c3ccccc3Cl)CC2)cc(=O)n(C)c1=O. The van der Waals surface area contributed by atoms with Crippen LogP contribution in [0.2, 0.25) is 5.02 Å². The van der Waals surface area contributed by atoms with Gasteiger partial charge >= 0.3 is 5.69 Å². The lowest BCUT2D eigenvalue weighted by Crippen LogP contribution is -2.51. The highest BCUT2D eigenvalue weighted by Gasteiger charge is 2.25. The van der Waals surface area contributed by atoms with Gasteiger partial charge in [0.1, 0.15) is 5.82 Å². The van der Waals surface area contributed by atoms with Crippen LogP contribution in [0.4, 0.5) is 5.82 Å². The number of rotatable bonds is 2. The number of carbonyl (C=O) groups is 1. The lowest BCUT2D eigenvalue weighted by Gasteiger charge is -2.36. The summed E-state index contributed by atoms with van der Waals surface area (Å²) in [6.45, 7) is 2.06. The molecule has 3 rings (SSSR count). The summed E-state index contributed by atoms with van der Waals surface area (Å²) < 4.78 is 2.52. The van der Waals surface area contributed by atoms with Gasteiger partial charge in [-0.15, -0.1) is 0 Å². The van der Waals surface area contributed by atoms with Gasteiger partial charge in [0.2, 0.25) is 0 Å². The molecule has 1 aliphatic heterocycles. The van der Waals surface area contributed by atoms with Crippen LogP contribution in [0.1, 0.15) is 10.4 Å². The Labute approximate surface area is 149 Å². The monoisotopic (exact) mass is 362 g/mol. The number of anilines is 1. The van der Waals surface area contributed by atoms with E-state index < -0.39 is 0 Å². The summed E-state index contributed by atoms with van der Waals surface area (Å²) >= 11 is 6.10. The fraction of sp³-hybridized carbons (Fsp3) is 0.353. The second kappa shape index (κ2) is 6.76. The predicted molar refractivity (Wildman–Crippen MR) is 96.5 cm³/mol. The molecule has 0 radical (unpaired) electrons. The van der Waals surface area contributed by atoms with E-state index in [2.05, 4.69) is 0 Å². The third-order valence-electron chi connectivity index (χ3n) is 4.50. The van der Waals surface area contributed by atoms with Crippen molar-refractivity contribution in [2.24, 2.45) is 14.1 Å². The van der Waals surface area contributed by atoms with Crippen LogP contribution in [0.25, 0.3) is 0 Å². The molecule has 132 valence electrons. The zero-order valence-corrected chi connectivity index (χ0v) is 14.9. The van der Waals surface area contributed by atoms with Crippen molar-refractivity contribution in [3.8, 4) is 0 Å². The number of benzene rings is 1. The molecule has 1 aromatic carbocycles. The molecule has 2 heterocycles. The fourth-order valence-electron chi connectivity index (χ4n) is 2.97. The van der Waals surface area contributed by atoms with Gasteiger partial charge in [-0.3, -0.25) is 18.7 Å². The van der Waals surface area contributed by atoms with Gasteiger partial charge in [-0.1, -0.05) is 23.7 Å². The van der Waals surface area contributed by atoms with Crippen molar-refractivity contribution < 1.29 is 4.79 Å². The number of carbonyl (C=O) groups excluding carboxylic acids is 1. The van der Waals surface area contributed by atoms with E-state index in [9.17, 15) is 14.4 Å². The summed E-state index contributed by atoms with van der Waals surface area (Å²) in [5.74, 6) is 0.459. The van der Waals surface area contributed by atoms with Crippen molar-refractivity contribution in [2.45, 2.75) is 0 Å². The van der Waals surface area contributed by atoms with Gasteiger partial charge in [-0.2, -0.15) is 0 Å². The van der Waals surface area contributed by atoms with E-state index in [-0.39, 0.29) is 17.2 Å². The minimum atomic E-state index is -0.364. The Morgan fingerprint density at radius 1 is 1.00 bits per heavy atom. The maximum absolute atomic E-state index is 12.6. The van der Waals surface area contributed by atoms with Crippen LogP contribution < -0.4 is 16.1 Å². The predicted octanol–water partition coefficient (Wildman–Crippen LogP) is 0.700. The Kier molecular flexibility index (Phi) is 4.67. The normalized spacial score (nSPS) is 14.7.